The highest BCUT2D eigenvalue weighted by molar-refractivity contribution is 6.05. The molecule has 1 saturated heterocycles. The zero-order valence-corrected chi connectivity index (χ0v) is 24.4. The largest absolute Gasteiger partial charge is 0.395 e. The van der Waals surface area contributed by atoms with Crippen molar-refractivity contribution < 1.29 is 19.5 Å². The van der Waals surface area contributed by atoms with Crippen LogP contribution in [0.15, 0.2) is 24.3 Å². The van der Waals surface area contributed by atoms with Crippen molar-refractivity contribution in [3.05, 3.63) is 52.3 Å². The molecule has 4 N–H and O–H groups in total. The molecule has 1 aromatic carbocycles. The number of hydrogen-bond acceptors (Lipinski definition) is 6. The molecule has 0 spiro atoms. The van der Waals surface area contributed by atoms with Crippen LogP contribution in [0.3, 0.4) is 0 Å². The highest BCUT2D eigenvalue weighted by Gasteiger charge is 2.35. The average molecular weight is 552 g/mol. The summed E-state index contributed by atoms with van der Waals surface area (Å²) >= 11 is 0. The molecule has 40 heavy (non-hydrogen) atoms. The highest BCUT2D eigenvalue weighted by atomic mass is 16.3. The molecule has 2 amide bonds. The number of piperazine rings is 1. The molecule has 0 saturated carbocycles. The van der Waals surface area contributed by atoms with Gasteiger partial charge in [0.1, 0.15) is 11.7 Å². The fraction of sp³-hybridized carbons (Fsp3) is 0.581. The van der Waals surface area contributed by atoms with Gasteiger partial charge in [-0.3, -0.25) is 19.3 Å². The van der Waals surface area contributed by atoms with Gasteiger partial charge in [-0.15, -0.1) is 0 Å². The third-order valence-corrected chi connectivity index (χ3v) is 8.15. The van der Waals surface area contributed by atoms with Crippen LogP contribution >= 0.6 is 0 Å². The number of Topliss-reactive ketones (excluding diaryl/α,β-unsaturated/α-hetero) is 1. The number of aliphatic hydroxyl groups excluding tert-OH is 1. The zero-order valence-electron chi connectivity index (χ0n) is 24.4. The van der Waals surface area contributed by atoms with Crippen molar-refractivity contribution in [3.63, 3.8) is 0 Å². The Labute approximate surface area is 237 Å². The van der Waals surface area contributed by atoms with E-state index in [4.69, 9.17) is 5.11 Å². The first-order valence-corrected chi connectivity index (χ1v) is 14.6. The summed E-state index contributed by atoms with van der Waals surface area (Å²) in [7, 11) is 0. The number of nitrogens with one attached hydrogen (secondary N) is 3. The second-order valence-electron chi connectivity index (χ2n) is 12.0. The molecular weight excluding hydrogens is 506 g/mol. The fourth-order valence-corrected chi connectivity index (χ4v) is 5.88. The zero-order chi connectivity index (χ0) is 28.9. The lowest BCUT2D eigenvalue weighted by Crippen LogP contribution is -2.47. The summed E-state index contributed by atoms with van der Waals surface area (Å²) in [5.74, 6) is -0.497. The molecule has 1 atom stereocenters. The minimum atomic E-state index is -0.659. The molecule has 4 rings (SSSR count). The molecule has 1 aromatic heterocycles. The second kappa shape index (κ2) is 13.0. The Hall–Kier alpha value is -3.17. The Kier molecular flexibility index (Phi) is 9.68. The van der Waals surface area contributed by atoms with Gasteiger partial charge in [0.25, 0.3) is 5.91 Å². The van der Waals surface area contributed by atoms with Gasteiger partial charge in [-0.1, -0.05) is 45.7 Å². The van der Waals surface area contributed by atoms with Crippen LogP contribution in [-0.4, -0.2) is 78.0 Å². The topological polar surface area (TPSA) is 118 Å². The number of aromatic amines is 1. The van der Waals surface area contributed by atoms with E-state index in [2.05, 4.69) is 58.3 Å². The van der Waals surface area contributed by atoms with Crippen LogP contribution in [0.2, 0.25) is 0 Å². The molecule has 0 bridgehead atoms. The lowest BCUT2D eigenvalue weighted by atomic mass is 9.75. The van der Waals surface area contributed by atoms with E-state index >= 15 is 0 Å². The van der Waals surface area contributed by atoms with Crippen molar-refractivity contribution in [2.75, 3.05) is 44.2 Å². The van der Waals surface area contributed by atoms with Crippen LogP contribution in [0.5, 0.6) is 0 Å². The molecule has 9 nitrogen and oxygen atoms in total. The van der Waals surface area contributed by atoms with E-state index in [1.807, 2.05) is 12.1 Å². The number of β-amino-alcohol motifs (C(OH)–C–C–N with tert-alkyl or cyclic N) is 1. The van der Waals surface area contributed by atoms with Gasteiger partial charge >= 0.3 is 0 Å². The first-order chi connectivity index (χ1) is 19.1. The number of aromatic nitrogens is 1. The van der Waals surface area contributed by atoms with Crippen molar-refractivity contribution in [1.29, 1.82) is 0 Å². The van der Waals surface area contributed by atoms with Gasteiger partial charge in [-0.2, -0.15) is 0 Å². The molecule has 1 unspecified atom stereocenters. The van der Waals surface area contributed by atoms with E-state index in [0.717, 1.165) is 62.5 Å². The van der Waals surface area contributed by atoms with Gasteiger partial charge in [-0.05, 0) is 48.4 Å². The van der Waals surface area contributed by atoms with Crippen LogP contribution in [-0.2, 0) is 17.8 Å². The fourth-order valence-electron chi connectivity index (χ4n) is 5.88. The maximum atomic E-state index is 13.3. The molecule has 1 fully saturated rings. The van der Waals surface area contributed by atoms with E-state index in [0.29, 0.717) is 42.6 Å². The Balaban J connectivity index is 1.35. The quantitative estimate of drug-likeness (QED) is 0.341. The number of aliphatic hydroxyl groups is 1. The van der Waals surface area contributed by atoms with Gasteiger partial charge in [0.2, 0.25) is 5.91 Å². The molecule has 0 radical (unpaired) electrons. The predicted molar refractivity (Wildman–Crippen MR) is 157 cm³/mol. The van der Waals surface area contributed by atoms with Crippen LogP contribution < -0.4 is 15.5 Å². The Morgan fingerprint density at radius 2 is 1.80 bits per heavy atom. The number of amides is 2. The molecule has 1 aliphatic carbocycles. The number of hydrogen-bond donors (Lipinski definition) is 4. The summed E-state index contributed by atoms with van der Waals surface area (Å²) in [6, 6.07) is 7.56. The van der Waals surface area contributed by atoms with Crippen LogP contribution in [0.4, 0.5) is 5.69 Å². The van der Waals surface area contributed by atoms with Crippen molar-refractivity contribution in [1.82, 2.24) is 20.5 Å². The summed E-state index contributed by atoms with van der Waals surface area (Å²) in [6.45, 7) is 13.0. The van der Waals surface area contributed by atoms with Crippen LogP contribution in [0.1, 0.15) is 84.1 Å². The summed E-state index contributed by atoms with van der Waals surface area (Å²) < 4.78 is 0. The number of ketones is 1. The Bertz CT molecular complexity index is 1200. The number of nitrogens with zero attached hydrogens (tertiary/aromatic N) is 2. The standard InChI is InChI=1S/C31H45N5O4/c1-5-6-7-24(34-30(40)28-21(2)27-25(33-28)18-31(3,4)19-26(27)38)29(39)32-20-22-8-10-23(11-9-22)36-14-12-35(13-15-36)16-17-37/h8-11,24,33,37H,5-7,12-20H2,1-4H3,(H,32,39)(H,34,40). The third-order valence-electron chi connectivity index (χ3n) is 8.15. The van der Waals surface area contributed by atoms with E-state index < -0.39 is 6.04 Å². The van der Waals surface area contributed by atoms with Crippen molar-refractivity contribution in [2.24, 2.45) is 5.41 Å². The summed E-state index contributed by atoms with van der Waals surface area (Å²) in [6.07, 6.45) is 3.44. The lowest BCUT2D eigenvalue weighted by molar-refractivity contribution is -0.123. The number of rotatable bonds is 11. The number of benzene rings is 1. The van der Waals surface area contributed by atoms with Gasteiger partial charge < -0.3 is 25.6 Å². The average Bonchev–Trinajstić information content (AvgIpc) is 3.25. The number of unbranched alkanes of at least 4 members (excludes halogenated alkanes) is 1. The summed E-state index contributed by atoms with van der Waals surface area (Å²) in [5, 5.41) is 15.1. The highest BCUT2D eigenvalue weighted by Crippen LogP contribution is 2.36. The SMILES string of the molecule is CCCCC(NC(=O)c1[nH]c2c(c1C)C(=O)CC(C)(C)C2)C(=O)NCc1ccc(N2CCN(CCO)CC2)cc1. The van der Waals surface area contributed by atoms with E-state index in [9.17, 15) is 14.4 Å². The number of anilines is 1. The third kappa shape index (κ3) is 7.12. The maximum absolute atomic E-state index is 13.3. The number of H-pyrrole nitrogens is 1. The van der Waals surface area contributed by atoms with Crippen LogP contribution in [0.25, 0.3) is 0 Å². The molecule has 9 heteroatoms. The van der Waals surface area contributed by atoms with Crippen molar-refractivity contribution >= 4 is 23.3 Å². The van der Waals surface area contributed by atoms with Crippen molar-refractivity contribution in [2.45, 2.75) is 72.4 Å². The summed E-state index contributed by atoms with van der Waals surface area (Å²) in [4.78, 5) is 47.0. The molecule has 218 valence electrons. The lowest BCUT2D eigenvalue weighted by Gasteiger charge is -2.35. The maximum Gasteiger partial charge on any atom is 0.268 e. The van der Waals surface area contributed by atoms with E-state index in [-0.39, 0.29) is 29.6 Å². The van der Waals surface area contributed by atoms with Gasteiger partial charge in [-0.25, -0.2) is 0 Å². The number of carbonyl (C=O) groups excluding carboxylic acids is 3. The molecule has 2 heterocycles. The Morgan fingerprint density at radius 3 is 2.45 bits per heavy atom. The van der Waals surface area contributed by atoms with Gasteiger partial charge in [0.05, 0.1) is 6.61 Å². The van der Waals surface area contributed by atoms with Crippen LogP contribution in [0, 0.1) is 12.3 Å². The minimum absolute atomic E-state index is 0.0642. The number of fused-ring (bicyclic) bond motifs is 1. The van der Waals surface area contributed by atoms with E-state index in [1.54, 1.807) is 6.92 Å². The second-order valence-corrected chi connectivity index (χ2v) is 12.0. The predicted octanol–water partition coefficient (Wildman–Crippen LogP) is 3.20. The monoisotopic (exact) mass is 551 g/mol. The first kappa shape index (κ1) is 29.8. The smallest absolute Gasteiger partial charge is 0.268 e. The normalized spacial score (nSPS) is 17.8. The molecule has 2 aliphatic rings. The summed E-state index contributed by atoms with van der Waals surface area (Å²) in [5.41, 5.74) is 4.48. The van der Waals surface area contributed by atoms with E-state index in [1.165, 1.54) is 0 Å². The first-order valence-electron chi connectivity index (χ1n) is 14.6. The molecule has 2 aromatic rings. The molecule has 1 aliphatic heterocycles. The number of carbonyl (C=O) groups is 3. The van der Waals surface area contributed by atoms with Crippen molar-refractivity contribution in [3.8, 4) is 0 Å². The van der Waals surface area contributed by atoms with Gasteiger partial charge in [0.15, 0.2) is 5.78 Å². The Morgan fingerprint density at radius 1 is 1.10 bits per heavy atom. The van der Waals surface area contributed by atoms with Gasteiger partial charge in [0, 0.05) is 62.6 Å². The molecular formula is C31H45N5O4. The minimum Gasteiger partial charge on any atom is -0.395 e.